The molecule has 0 unspecified atom stereocenters. The van der Waals surface area contributed by atoms with Gasteiger partial charge in [-0.25, -0.2) is 0 Å². The minimum atomic E-state index is -1.20. The Labute approximate surface area is 69.5 Å². The number of Topliss-reactive ketones (excluding diaryl/α,β-unsaturated/α-hetero) is 2. The molecule has 58 valence electrons. The summed E-state index contributed by atoms with van der Waals surface area (Å²) in [6, 6.07) is 0. The predicted octanol–water partition coefficient (Wildman–Crippen LogP) is 1.73. The molecule has 0 saturated heterocycles. The number of hydrogen-bond acceptors (Lipinski definition) is 2. The van der Waals surface area contributed by atoms with Gasteiger partial charge >= 0.3 is 0 Å². The van der Waals surface area contributed by atoms with E-state index in [1.165, 1.54) is 0 Å². The van der Waals surface area contributed by atoms with Gasteiger partial charge in [0.15, 0.2) is 4.84 Å². The molecule has 2 nitrogen and oxygen atoms in total. The van der Waals surface area contributed by atoms with Gasteiger partial charge in [0, 0.05) is 6.42 Å². The van der Waals surface area contributed by atoms with Gasteiger partial charge < -0.3 is 0 Å². The minimum absolute atomic E-state index is 0.231. The molecule has 0 aliphatic rings. The zero-order valence-corrected chi connectivity index (χ0v) is 7.08. The Kier molecular flexibility index (Phi) is 4.65. The quantitative estimate of drug-likeness (QED) is 0.491. The first kappa shape index (κ1) is 9.92. The summed E-state index contributed by atoms with van der Waals surface area (Å²) in [5.41, 5.74) is 0. The van der Waals surface area contributed by atoms with Gasteiger partial charge in [-0.3, -0.25) is 9.59 Å². The van der Waals surface area contributed by atoms with Crippen LogP contribution < -0.4 is 0 Å². The minimum Gasteiger partial charge on any atom is -0.291 e. The lowest BCUT2D eigenvalue weighted by Gasteiger charge is -1.96. The van der Waals surface area contributed by atoms with Gasteiger partial charge in [-0.1, -0.05) is 30.1 Å². The number of rotatable bonds is 4. The summed E-state index contributed by atoms with van der Waals surface area (Å²) in [5.74, 6) is -1.19. The van der Waals surface area contributed by atoms with E-state index < -0.39 is 16.4 Å². The van der Waals surface area contributed by atoms with E-state index in [-0.39, 0.29) is 6.42 Å². The van der Waals surface area contributed by atoms with Crippen molar-refractivity contribution in [1.82, 2.24) is 0 Å². The van der Waals surface area contributed by atoms with E-state index in [9.17, 15) is 9.59 Å². The molecule has 0 atom stereocenters. The van der Waals surface area contributed by atoms with Crippen LogP contribution in [-0.4, -0.2) is 16.4 Å². The Balaban J connectivity index is 3.83. The van der Waals surface area contributed by atoms with Crippen LogP contribution >= 0.6 is 23.2 Å². The van der Waals surface area contributed by atoms with E-state index in [2.05, 4.69) is 0 Å². The SMILES string of the molecule is CCCC(=O)C(=O)C(Cl)Cl. The lowest BCUT2D eigenvalue weighted by Crippen LogP contribution is -2.19. The fraction of sp³-hybridized carbons (Fsp3) is 0.667. The van der Waals surface area contributed by atoms with Crippen LogP contribution in [0.1, 0.15) is 19.8 Å². The van der Waals surface area contributed by atoms with Crippen LogP contribution in [-0.2, 0) is 9.59 Å². The van der Waals surface area contributed by atoms with Crippen LogP contribution in [0.2, 0.25) is 0 Å². The first-order valence-corrected chi connectivity index (χ1v) is 3.82. The monoisotopic (exact) mass is 182 g/mol. The van der Waals surface area contributed by atoms with Crippen molar-refractivity contribution in [3.05, 3.63) is 0 Å². The Morgan fingerprint density at radius 1 is 1.40 bits per heavy atom. The van der Waals surface area contributed by atoms with Gasteiger partial charge in [-0.15, -0.1) is 0 Å². The van der Waals surface area contributed by atoms with Crippen molar-refractivity contribution in [2.75, 3.05) is 0 Å². The van der Waals surface area contributed by atoms with Crippen molar-refractivity contribution in [2.24, 2.45) is 0 Å². The highest BCUT2D eigenvalue weighted by Crippen LogP contribution is 2.05. The maximum Gasteiger partial charge on any atom is 0.231 e. The standard InChI is InChI=1S/C6H8Cl2O2/c1-2-3-4(9)5(10)6(7)8/h6H,2-3H2,1H3. The van der Waals surface area contributed by atoms with Crippen molar-refractivity contribution < 1.29 is 9.59 Å². The number of ketones is 2. The highest BCUT2D eigenvalue weighted by Gasteiger charge is 2.19. The lowest BCUT2D eigenvalue weighted by atomic mass is 10.2. The highest BCUT2D eigenvalue weighted by atomic mass is 35.5. The molecule has 0 bridgehead atoms. The summed E-state index contributed by atoms with van der Waals surface area (Å²) in [4.78, 5) is 20.1. The summed E-state index contributed by atoms with van der Waals surface area (Å²) in [6.45, 7) is 1.81. The molecule has 4 heteroatoms. The third kappa shape index (κ3) is 3.18. The fourth-order valence-electron chi connectivity index (χ4n) is 0.472. The van der Waals surface area contributed by atoms with E-state index in [1.807, 2.05) is 6.92 Å². The molecular weight excluding hydrogens is 175 g/mol. The maximum atomic E-state index is 10.7. The summed E-state index contributed by atoms with van der Waals surface area (Å²) >= 11 is 10.3. The molecule has 0 aromatic carbocycles. The second-order valence-electron chi connectivity index (χ2n) is 1.84. The molecule has 0 N–H and O–H groups in total. The van der Waals surface area contributed by atoms with E-state index in [0.717, 1.165) is 0 Å². The van der Waals surface area contributed by atoms with Gasteiger partial charge in [0.1, 0.15) is 0 Å². The number of carbonyl (C=O) groups excluding carboxylic acids is 2. The Morgan fingerprint density at radius 2 is 1.90 bits per heavy atom. The zero-order chi connectivity index (χ0) is 8.15. The molecule has 0 amide bonds. The van der Waals surface area contributed by atoms with Gasteiger partial charge in [0.2, 0.25) is 11.6 Å². The third-order valence-corrected chi connectivity index (χ3v) is 1.35. The van der Waals surface area contributed by atoms with E-state index in [1.54, 1.807) is 0 Å². The van der Waals surface area contributed by atoms with Crippen LogP contribution in [0.15, 0.2) is 0 Å². The molecule has 0 aromatic rings. The molecule has 0 radical (unpaired) electrons. The average molecular weight is 183 g/mol. The van der Waals surface area contributed by atoms with Crippen LogP contribution in [0.3, 0.4) is 0 Å². The molecule has 10 heavy (non-hydrogen) atoms. The average Bonchev–Trinajstić information content (AvgIpc) is 1.87. The van der Waals surface area contributed by atoms with Crippen LogP contribution in [0.5, 0.6) is 0 Å². The first-order valence-electron chi connectivity index (χ1n) is 2.94. The van der Waals surface area contributed by atoms with Crippen LogP contribution in [0.4, 0.5) is 0 Å². The lowest BCUT2D eigenvalue weighted by molar-refractivity contribution is -0.135. The van der Waals surface area contributed by atoms with Gasteiger partial charge in [-0.05, 0) is 6.42 Å². The largest absolute Gasteiger partial charge is 0.291 e. The first-order chi connectivity index (χ1) is 4.59. The Morgan fingerprint density at radius 3 is 2.20 bits per heavy atom. The van der Waals surface area contributed by atoms with Gasteiger partial charge in [0.25, 0.3) is 0 Å². The molecule has 0 spiro atoms. The van der Waals surface area contributed by atoms with Crippen molar-refractivity contribution in [1.29, 1.82) is 0 Å². The predicted molar refractivity (Wildman–Crippen MR) is 40.4 cm³/mol. The van der Waals surface area contributed by atoms with Crippen LogP contribution in [0.25, 0.3) is 0 Å². The molecule has 0 heterocycles. The van der Waals surface area contributed by atoms with Gasteiger partial charge in [0.05, 0.1) is 0 Å². The summed E-state index contributed by atoms with van der Waals surface area (Å²) in [6.07, 6.45) is 0.875. The molecule has 0 saturated carbocycles. The number of carbonyl (C=O) groups is 2. The van der Waals surface area contributed by atoms with Gasteiger partial charge in [-0.2, -0.15) is 0 Å². The number of halogens is 2. The topological polar surface area (TPSA) is 34.1 Å². The highest BCUT2D eigenvalue weighted by molar-refractivity contribution is 6.63. The molecule has 0 aliphatic carbocycles. The van der Waals surface area contributed by atoms with E-state index in [0.29, 0.717) is 6.42 Å². The summed E-state index contributed by atoms with van der Waals surface area (Å²) < 4.78 is 0. The van der Waals surface area contributed by atoms with Crippen LogP contribution in [0, 0.1) is 0 Å². The van der Waals surface area contributed by atoms with Crippen molar-refractivity contribution >= 4 is 34.8 Å². The molecule has 0 rings (SSSR count). The summed E-state index contributed by atoms with van der Waals surface area (Å²) in [7, 11) is 0. The smallest absolute Gasteiger partial charge is 0.231 e. The van der Waals surface area contributed by atoms with Crippen molar-refractivity contribution in [3.8, 4) is 0 Å². The van der Waals surface area contributed by atoms with E-state index >= 15 is 0 Å². The molecular formula is C6H8Cl2O2. The fourth-order valence-corrected chi connectivity index (χ4v) is 0.715. The third-order valence-electron chi connectivity index (χ3n) is 0.950. The Bertz CT molecular complexity index is 143. The van der Waals surface area contributed by atoms with E-state index in [4.69, 9.17) is 23.2 Å². The molecule has 0 fully saturated rings. The van der Waals surface area contributed by atoms with Crippen molar-refractivity contribution in [3.63, 3.8) is 0 Å². The Hall–Kier alpha value is -0.0800. The number of alkyl halides is 2. The zero-order valence-electron chi connectivity index (χ0n) is 5.56. The summed E-state index contributed by atoms with van der Waals surface area (Å²) in [5, 5.41) is 0. The second kappa shape index (κ2) is 4.69. The molecule has 0 aliphatic heterocycles. The maximum absolute atomic E-state index is 10.7. The van der Waals surface area contributed by atoms with Crippen molar-refractivity contribution in [2.45, 2.75) is 24.6 Å². The molecule has 0 aromatic heterocycles. The second-order valence-corrected chi connectivity index (χ2v) is 2.93. The normalized spacial score (nSPS) is 10.0. The number of hydrogen-bond donors (Lipinski definition) is 0.